The summed E-state index contributed by atoms with van der Waals surface area (Å²) in [6.45, 7) is 0.484. The van der Waals surface area contributed by atoms with Gasteiger partial charge in [0.05, 0.1) is 24.7 Å². The Hall–Kier alpha value is -0.610. The number of aliphatic hydroxyl groups is 2. The van der Waals surface area contributed by atoms with Gasteiger partial charge in [-0.25, -0.2) is 0 Å². The largest absolute Gasteiger partial charge is 0.465 e. The Balaban J connectivity index is 1.68. The minimum atomic E-state index is -0.332. The van der Waals surface area contributed by atoms with E-state index in [9.17, 15) is 15.0 Å². The molecule has 0 aromatic heterocycles. The number of aliphatic hydroxyl groups excluding tert-OH is 2. The second-order valence-electron chi connectivity index (χ2n) is 5.82. The molecule has 0 radical (unpaired) electrons. The third-order valence-corrected chi connectivity index (χ3v) is 4.26. The van der Waals surface area contributed by atoms with E-state index >= 15 is 0 Å². The zero-order valence-corrected chi connectivity index (χ0v) is 10.9. The van der Waals surface area contributed by atoms with E-state index in [4.69, 9.17) is 4.74 Å². The van der Waals surface area contributed by atoms with E-state index in [1.165, 1.54) is 0 Å². The molecular weight excluding hydrogens is 232 g/mol. The molecule has 4 heteroatoms. The third-order valence-electron chi connectivity index (χ3n) is 4.26. The first-order chi connectivity index (χ1) is 8.65. The molecule has 18 heavy (non-hydrogen) atoms. The fourth-order valence-corrected chi connectivity index (χ4v) is 3.01. The second-order valence-corrected chi connectivity index (χ2v) is 5.82. The lowest BCUT2D eigenvalue weighted by molar-refractivity contribution is -0.153. The van der Waals surface area contributed by atoms with Crippen LogP contribution in [-0.4, -0.2) is 35.0 Å². The van der Waals surface area contributed by atoms with Gasteiger partial charge in [0.1, 0.15) is 0 Å². The first kappa shape index (κ1) is 13.8. The highest BCUT2D eigenvalue weighted by atomic mass is 16.5. The highest BCUT2D eigenvalue weighted by Crippen LogP contribution is 2.27. The highest BCUT2D eigenvalue weighted by Gasteiger charge is 2.28. The van der Waals surface area contributed by atoms with Crippen molar-refractivity contribution >= 4 is 5.97 Å². The van der Waals surface area contributed by atoms with Gasteiger partial charge in [-0.15, -0.1) is 0 Å². The van der Waals surface area contributed by atoms with Gasteiger partial charge < -0.3 is 14.9 Å². The van der Waals surface area contributed by atoms with Crippen LogP contribution in [0.5, 0.6) is 0 Å². The number of esters is 1. The Morgan fingerprint density at radius 1 is 1.00 bits per heavy atom. The van der Waals surface area contributed by atoms with Crippen LogP contribution in [-0.2, 0) is 9.53 Å². The van der Waals surface area contributed by atoms with Gasteiger partial charge in [-0.1, -0.05) is 6.42 Å². The van der Waals surface area contributed by atoms with Crippen LogP contribution in [0.2, 0.25) is 0 Å². The van der Waals surface area contributed by atoms with Gasteiger partial charge in [0, 0.05) is 0 Å². The van der Waals surface area contributed by atoms with E-state index < -0.39 is 0 Å². The number of ether oxygens (including phenoxy) is 1. The van der Waals surface area contributed by atoms with Crippen molar-refractivity contribution in [3.05, 3.63) is 0 Å². The molecule has 2 atom stereocenters. The Morgan fingerprint density at radius 2 is 1.72 bits per heavy atom. The van der Waals surface area contributed by atoms with Gasteiger partial charge in [-0.3, -0.25) is 4.79 Å². The number of rotatable bonds is 3. The number of hydrogen-bond donors (Lipinski definition) is 2. The van der Waals surface area contributed by atoms with Gasteiger partial charge in [-0.05, 0) is 50.9 Å². The fourth-order valence-electron chi connectivity index (χ4n) is 3.01. The van der Waals surface area contributed by atoms with Crippen molar-refractivity contribution in [2.75, 3.05) is 6.61 Å². The van der Waals surface area contributed by atoms with Crippen molar-refractivity contribution in [1.82, 2.24) is 0 Å². The molecule has 104 valence electrons. The van der Waals surface area contributed by atoms with Crippen LogP contribution in [0.1, 0.15) is 51.4 Å². The summed E-state index contributed by atoms with van der Waals surface area (Å²) in [4.78, 5) is 11.9. The highest BCUT2D eigenvalue weighted by molar-refractivity contribution is 5.72. The zero-order valence-electron chi connectivity index (χ0n) is 10.9. The van der Waals surface area contributed by atoms with Crippen LogP contribution < -0.4 is 0 Å². The average Bonchev–Trinajstić information content (AvgIpc) is 2.38. The first-order valence-corrected chi connectivity index (χ1v) is 7.18. The van der Waals surface area contributed by atoms with E-state index in [0.29, 0.717) is 18.9 Å². The molecule has 2 saturated carbocycles. The summed E-state index contributed by atoms with van der Waals surface area (Å²) in [5, 5.41) is 18.9. The van der Waals surface area contributed by atoms with Gasteiger partial charge in [0.15, 0.2) is 0 Å². The maximum atomic E-state index is 11.9. The minimum Gasteiger partial charge on any atom is -0.465 e. The smallest absolute Gasteiger partial charge is 0.309 e. The van der Waals surface area contributed by atoms with Crippen LogP contribution in [0.3, 0.4) is 0 Å². The Bertz CT molecular complexity index is 271. The van der Waals surface area contributed by atoms with Crippen molar-refractivity contribution < 1.29 is 19.7 Å². The lowest BCUT2D eigenvalue weighted by atomic mass is 9.87. The summed E-state index contributed by atoms with van der Waals surface area (Å²) < 4.78 is 5.37. The molecule has 0 heterocycles. The molecule has 0 aromatic carbocycles. The molecule has 0 amide bonds. The lowest BCUT2D eigenvalue weighted by Gasteiger charge is -2.27. The van der Waals surface area contributed by atoms with Gasteiger partial charge in [0.2, 0.25) is 0 Å². The summed E-state index contributed by atoms with van der Waals surface area (Å²) in [7, 11) is 0. The quantitative estimate of drug-likeness (QED) is 0.753. The first-order valence-electron chi connectivity index (χ1n) is 7.18. The van der Waals surface area contributed by atoms with Crippen LogP contribution in [0.15, 0.2) is 0 Å². The molecule has 2 aliphatic rings. The summed E-state index contributed by atoms with van der Waals surface area (Å²) in [5.74, 6) is 0.161. The molecular formula is C14H24O4. The summed E-state index contributed by atoms with van der Waals surface area (Å²) >= 11 is 0. The molecule has 2 unspecified atom stereocenters. The van der Waals surface area contributed by atoms with Crippen molar-refractivity contribution in [2.24, 2.45) is 11.8 Å². The van der Waals surface area contributed by atoms with E-state index in [1.54, 1.807) is 0 Å². The van der Waals surface area contributed by atoms with Crippen molar-refractivity contribution in [3.63, 3.8) is 0 Å². The normalized spacial score (nSPS) is 37.2. The van der Waals surface area contributed by atoms with Crippen molar-refractivity contribution in [1.29, 1.82) is 0 Å². The minimum absolute atomic E-state index is 0.108. The lowest BCUT2D eigenvalue weighted by Crippen LogP contribution is -2.29. The number of carbonyl (C=O) groups excluding carboxylic acids is 1. The van der Waals surface area contributed by atoms with Crippen LogP contribution in [0.25, 0.3) is 0 Å². The monoisotopic (exact) mass is 256 g/mol. The molecule has 0 aliphatic heterocycles. The summed E-state index contributed by atoms with van der Waals surface area (Å²) in [6.07, 6.45) is 6.17. The van der Waals surface area contributed by atoms with E-state index in [-0.39, 0.29) is 24.1 Å². The molecule has 0 bridgehead atoms. The number of carbonyl (C=O) groups is 1. The standard InChI is InChI=1S/C14H24O4/c15-12-6-4-10(5-7-12)9-18-14(17)11-2-1-3-13(16)8-11/h10-13,15-16H,1-9H2. The Labute approximate surface area is 108 Å². The van der Waals surface area contributed by atoms with Crippen molar-refractivity contribution in [3.8, 4) is 0 Å². The summed E-state index contributed by atoms with van der Waals surface area (Å²) in [6, 6.07) is 0. The third kappa shape index (κ3) is 3.95. The Kier molecular flexibility index (Phi) is 5.01. The van der Waals surface area contributed by atoms with Crippen molar-refractivity contribution in [2.45, 2.75) is 63.6 Å². The molecule has 2 N–H and O–H groups in total. The average molecular weight is 256 g/mol. The molecule has 2 fully saturated rings. The zero-order chi connectivity index (χ0) is 13.0. The van der Waals surface area contributed by atoms with Gasteiger partial charge in [0.25, 0.3) is 0 Å². The van der Waals surface area contributed by atoms with Gasteiger partial charge in [-0.2, -0.15) is 0 Å². The van der Waals surface area contributed by atoms with E-state index in [1.807, 2.05) is 0 Å². The van der Waals surface area contributed by atoms with Gasteiger partial charge >= 0.3 is 5.97 Å². The predicted molar refractivity (Wildman–Crippen MR) is 66.9 cm³/mol. The second kappa shape index (κ2) is 6.53. The molecule has 0 saturated heterocycles. The fraction of sp³-hybridized carbons (Fsp3) is 0.929. The van der Waals surface area contributed by atoms with E-state index in [2.05, 4.69) is 0 Å². The topological polar surface area (TPSA) is 66.8 Å². The number of hydrogen-bond acceptors (Lipinski definition) is 4. The Morgan fingerprint density at radius 3 is 2.39 bits per heavy atom. The molecule has 0 spiro atoms. The van der Waals surface area contributed by atoms with Crippen LogP contribution in [0, 0.1) is 11.8 Å². The maximum absolute atomic E-state index is 11.9. The summed E-state index contributed by atoms with van der Waals surface area (Å²) in [5.41, 5.74) is 0. The SMILES string of the molecule is O=C(OCC1CCC(O)CC1)C1CCCC(O)C1. The molecule has 2 aliphatic carbocycles. The molecule has 0 aromatic rings. The molecule has 2 rings (SSSR count). The van der Waals surface area contributed by atoms with Crippen LogP contribution >= 0.6 is 0 Å². The maximum Gasteiger partial charge on any atom is 0.309 e. The van der Waals surface area contributed by atoms with Crippen LogP contribution in [0.4, 0.5) is 0 Å². The van der Waals surface area contributed by atoms with E-state index in [0.717, 1.165) is 44.9 Å². The predicted octanol–water partition coefficient (Wildman–Crippen LogP) is 1.63. The molecule has 4 nitrogen and oxygen atoms in total.